The highest BCUT2D eigenvalue weighted by Crippen LogP contribution is 2.22. The van der Waals surface area contributed by atoms with Crippen molar-refractivity contribution >= 4 is 6.29 Å². The van der Waals surface area contributed by atoms with E-state index >= 15 is 0 Å². The quantitative estimate of drug-likeness (QED) is 0.403. The third kappa shape index (κ3) is 3.15. The monoisotopic (exact) mass is 206 g/mol. The van der Waals surface area contributed by atoms with Gasteiger partial charge in [0, 0.05) is 6.61 Å². The van der Waals surface area contributed by atoms with Crippen LogP contribution in [0.1, 0.15) is 12.0 Å². The van der Waals surface area contributed by atoms with Gasteiger partial charge >= 0.3 is 0 Å². The number of epoxide rings is 1. The summed E-state index contributed by atoms with van der Waals surface area (Å²) in [5.74, 6) is 0. The zero-order valence-corrected chi connectivity index (χ0v) is 8.46. The molecule has 15 heavy (non-hydrogen) atoms. The van der Waals surface area contributed by atoms with Crippen LogP contribution in [0.3, 0.4) is 0 Å². The predicted octanol–water partition coefficient (Wildman–Crippen LogP) is 1.56. The van der Waals surface area contributed by atoms with Gasteiger partial charge in [0.25, 0.3) is 0 Å². The molecule has 0 spiro atoms. The van der Waals surface area contributed by atoms with E-state index < -0.39 is 0 Å². The zero-order chi connectivity index (χ0) is 10.5. The topological polar surface area (TPSA) is 38.8 Å². The highest BCUT2D eigenvalue weighted by atomic mass is 16.6. The lowest BCUT2D eigenvalue weighted by molar-refractivity contribution is -0.108. The largest absolute Gasteiger partial charge is 0.377 e. The van der Waals surface area contributed by atoms with Gasteiger partial charge in [0.2, 0.25) is 0 Å². The smallest absolute Gasteiger partial charge is 0.151 e. The lowest BCUT2D eigenvalue weighted by Gasteiger charge is -2.02. The maximum Gasteiger partial charge on any atom is 0.151 e. The first kappa shape index (κ1) is 10.3. The van der Waals surface area contributed by atoms with Crippen molar-refractivity contribution in [2.24, 2.45) is 0 Å². The normalized spacial score (nSPS) is 23.7. The fraction of sp³-hybridized carbons (Fsp3) is 0.417. The second-order valence-corrected chi connectivity index (χ2v) is 3.60. The molecule has 0 aromatic heterocycles. The summed E-state index contributed by atoms with van der Waals surface area (Å²) in [6.07, 6.45) is 1.57. The lowest BCUT2D eigenvalue weighted by Crippen LogP contribution is -2.02. The molecule has 1 aromatic rings. The van der Waals surface area contributed by atoms with Crippen molar-refractivity contribution in [1.82, 2.24) is 0 Å². The summed E-state index contributed by atoms with van der Waals surface area (Å²) in [4.78, 5) is 10.3. The minimum Gasteiger partial charge on any atom is -0.377 e. The molecule has 0 saturated carbocycles. The summed E-state index contributed by atoms with van der Waals surface area (Å²) >= 11 is 0. The Labute approximate surface area is 89.0 Å². The van der Waals surface area contributed by atoms with Gasteiger partial charge in [-0.3, -0.25) is 0 Å². The summed E-state index contributed by atoms with van der Waals surface area (Å²) in [5.41, 5.74) is 1.17. The highest BCUT2D eigenvalue weighted by Gasteiger charge is 2.37. The Bertz CT molecular complexity index is 310. The Morgan fingerprint density at radius 2 is 2.13 bits per heavy atom. The van der Waals surface area contributed by atoms with E-state index in [1.165, 1.54) is 5.56 Å². The van der Waals surface area contributed by atoms with Crippen LogP contribution in [0.4, 0.5) is 0 Å². The van der Waals surface area contributed by atoms with Crippen LogP contribution in [0.15, 0.2) is 30.3 Å². The Hall–Kier alpha value is -1.19. The van der Waals surface area contributed by atoms with Crippen molar-refractivity contribution in [3.63, 3.8) is 0 Å². The molecule has 1 aromatic carbocycles. The van der Waals surface area contributed by atoms with Gasteiger partial charge in [-0.25, -0.2) is 0 Å². The van der Waals surface area contributed by atoms with Crippen LogP contribution in [0.5, 0.6) is 0 Å². The van der Waals surface area contributed by atoms with Crippen molar-refractivity contribution in [3.05, 3.63) is 35.9 Å². The summed E-state index contributed by atoms with van der Waals surface area (Å²) in [6.45, 7) is 1.27. The maximum atomic E-state index is 10.3. The minimum atomic E-state index is -0.176. The SMILES string of the molecule is O=C[C@@H]1O[C@H]1CCOCc1ccccc1. The molecule has 0 N–H and O–H groups in total. The fourth-order valence-corrected chi connectivity index (χ4v) is 1.47. The molecule has 1 heterocycles. The van der Waals surface area contributed by atoms with Gasteiger partial charge in [-0.1, -0.05) is 30.3 Å². The zero-order valence-electron chi connectivity index (χ0n) is 8.46. The van der Waals surface area contributed by atoms with Gasteiger partial charge in [0.1, 0.15) is 6.10 Å². The number of hydrogen-bond donors (Lipinski definition) is 0. The summed E-state index contributed by atoms with van der Waals surface area (Å²) in [5, 5.41) is 0. The van der Waals surface area contributed by atoms with E-state index in [0.29, 0.717) is 13.2 Å². The summed E-state index contributed by atoms with van der Waals surface area (Å²) in [6, 6.07) is 10.0. The van der Waals surface area contributed by atoms with Gasteiger partial charge in [-0.15, -0.1) is 0 Å². The molecule has 0 bridgehead atoms. The molecule has 1 saturated heterocycles. The van der Waals surface area contributed by atoms with Crippen LogP contribution in [0.25, 0.3) is 0 Å². The average molecular weight is 206 g/mol. The van der Waals surface area contributed by atoms with Crippen LogP contribution in [-0.4, -0.2) is 25.1 Å². The van der Waals surface area contributed by atoms with Gasteiger partial charge in [0.15, 0.2) is 6.29 Å². The molecule has 1 aliphatic rings. The van der Waals surface area contributed by atoms with Crippen molar-refractivity contribution in [2.45, 2.75) is 25.2 Å². The average Bonchev–Trinajstić information content (AvgIpc) is 3.05. The Morgan fingerprint density at radius 1 is 1.33 bits per heavy atom. The number of carbonyl (C=O) groups is 1. The Morgan fingerprint density at radius 3 is 2.80 bits per heavy atom. The molecular formula is C12H14O3. The number of aldehydes is 1. The number of hydrogen-bond acceptors (Lipinski definition) is 3. The predicted molar refractivity (Wildman–Crippen MR) is 55.4 cm³/mol. The van der Waals surface area contributed by atoms with E-state index in [-0.39, 0.29) is 12.2 Å². The van der Waals surface area contributed by atoms with E-state index in [1.807, 2.05) is 30.3 Å². The summed E-state index contributed by atoms with van der Waals surface area (Å²) in [7, 11) is 0. The number of rotatable bonds is 6. The van der Waals surface area contributed by atoms with Gasteiger partial charge in [-0.2, -0.15) is 0 Å². The number of benzene rings is 1. The number of ether oxygens (including phenoxy) is 2. The molecule has 3 heteroatoms. The third-order valence-corrected chi connectivity index (χ3v) is 2.41. The summed E-state index contributed by atoms with van der Waals surface area (Å²) < 4.78 is 10.5. The van der Waals surface area contributed by atoms with Crippen LogP contribution in [0, 0.1) is 0 Å². The van der Waals surface area contributed by atoms with Crippen molar-refractivity contribution in [2.75, 3.05) is 6.61 Å². The molecule has 1 aliphatic heterocycles. The fourth-order valence-electron chi connectivity index (χ4n) is 1.47. The van der Waals surface area contributed by atoms with Crippen LogP contribution >= 0.6 is 0 Å². The molecule has 0 unspecified atom stereocenters. The third-order valence-electron chi connectivity index (χ3n) is 2.41. The van der Waals surface area contributed by atoms with Crippen molar-refractivity contribution in [1.29, 1.82) is 0 Å². The standard InChI is InChI=1S/C12H14O3/c13-8-12-11(15-12)6-7-14-9-10-4-2-1-3-5-10/h1-5,8,11-12H,6-7,9H2/t11-,12-/m0/s1. The van der Waals surface area contributed by atoms with Crippen LogP contribution in [0.2, 0.25) is 0 Å². The molecular weight excluding hydrogens is 192 g/mol. The van der Waals surface area contributed by atoms with Crippen LogP contribution < -0.4 is 0 Å². The van der Waals surface area contributed by atoms with E-state index in [9.17, 15) is 4.79 Å². The molecule has 3 nitrogen and oxygen atoms in total. The van der Waals surface area contributed by atoms with Crippen molar-refractivity contribution < 1.29 is 14.3 Å². The molecule has 0 aliphatic carbocycles. The van der Waals surface area contributed by atoms with E-state index in [0.717, 1.165) is 12.7 Å². The second-order valence-electron chi connectivity index (χ2n) is 3.60. The highest BCUT2D eigenvalue weighted by molar-refractivity contribution is 5.60. The van der Waals surface area contributed by atoms with E-state index in [4.69, 9.17) is 9.47 Å². The van der Waals surface area contributed by atoms with Crippen molar-refractivity contribution in [3.8, 4) is 0 Å². The first-order valence-electron chi connectivity index (χ1n) is 5.12. The Balaban J connectivity index is 1.58. The van der Waals surface area contributed by atoms with Gasteiger partial charge < -0.3 is 14.3 Å². The van der Waals surface area contributed by atoms with E-state index in [2.05, 4.69) is 0 Å². The second kappa shape index (κ2) is 5.05. The molecule has 0 radical (unpaired) electrons. The first-order valence-corrected chi connectivity index (χ1v) is 5.12. The van der Waals surface area contributed by atoms with Gasteiger partial charge in [-0.05, 0) is 12.0 Å². The number of carbonyl (C=O) groups excluding carboxylic acids is 1. The molecule has 1 fully saturated rings. The minimum absolute atomic E-state index is 0.0956. The molecule has 0 amide bonds. The lowest BCUT2D eigenvalue weighted by atomic mass is 10.2. The first-order chi connectivity index (χ1) is 7.40. The van der Waals surface area contributed by atoms with Crippen LogP contribution in [-0.2, 0) is 20.9 Å². The van der Waals surface area contributed by atoms with E-state index in [1.54, 1.807) is 0 Å². The molecule has 2 rings (SSSR count). The molecule has 2 atom stereocenters. The molecule has 80 valence electrons. The maximum absolute atomic E-state index is 10.3. The Kier molecular flexibility index (Phi) is 3.48. The van der Waals surface area contributed by atoms with Gasteiger partial charge in [0.05, 0.1) is 12.7 Å².